The van der Waals surface area contributed by atoms with Gasteiger partial charge in [-0.3, -0.25) is 0 Å². The van der Waals surface area contributed by atoms with Gasteiger partial charge in [-0.05, 0) is 44.2 Å². The second-order valence-electron chi connectivity index (χ2n) is 5.54. The van der Waals surface area contributed by atoms with Crippen LogP contribution in [0.15, 0.2) is 30.4 Å². The molecule has 0 heterocycles. The minimum Gasteiger partial charge on any atom is -0.451 e. The van der Waals surface area contributed by atoms with Gasteiger partial charge in [-0.1, -0.05) is 32.1 Å². The fourth-order valence-electron chi connectivity index (χ4n) is 3.05. The van der Waals surface area contributed by atoms with Gasteiger partial charge in [0.1, 0.15) is 11.4 Å². The Morgan fingerprint density at radius 1 is 1.50 bits per heavy atom. The number of halogens is 1. The molecule has 3 heteroatoms. The SMILES string of the molecule is C=C(C)C(=O)OC1(CCC)CCCc2cccc(F)c21. The van der Waals surface area contributed by atoms with Crippen LogP contribution >= 0.6 is 0 Å². The number of fused-ring (bicyclic) bond motifs is 1. The van der Waals surface area contributed by atoms with Crippen molar-refractivity contribution >= 4 is 5.97 Å². The molecule has 2 nitrogen and oxygen atoms in total. The number of hydrogen-bond acceptors (Lipinski definition) is 2. The molecule has 1 aliphatic carbocycles. The van der Waals surface area contributed by atoms with Gasteiger partial charge in [-0.15, -0.1) is 0 Å². The van der Waals surface area contributed by atoms with Crippen molar-refractivity contribution < 1.29 is 13.9 Å². The first-order valence-corrected chi connectivity index (χ1v) is 7.17. The minimum absolute atomic E-state index is 0.273. The molecule has 0 aliphatic heterocycles. The Bertz CT molecular complexity index is 536. The number of hydrogen-bond donors (Lipinski definition) is 0. The van der Waals surface area contributed by atoms with Crippen LogP contribution in [-0.4, -0.2) is 5.97 Å². The maximum absolute atomic E-state index is 14.3. The second kappa shape index (κ2) is 5.78. The van der Waals surface area contributed by atoms with Crippen molar-refractivity contribution in [3.63, 3.8) is 0 Å². The van der Waals surface area contributed by atoms with Crippen LogP contribution < -0.4 is 0 Å². The third-order valence-electron chi connectivity index (χ3n) is 3.87. The standard InChI is InChI=1S/C17H21FO2/c1-4-10-17(20-16(19)12(2)3)11-6-8-13-7-5-9-14(18)15(13)17/h5,7,9H,2,4,6,8,10-11H2,1,3H3. The lowest BCUT2D eigenvalue weighted by atomic mass is 9.76. The van der Waals surface area contributed by atoms with Crippen molar-refractivity contribution in [2.45, 2.75) is 51.6 Å². The minimum atomic E-state index is -0.830. The van der Waals surface area contributed by atoms with E-state index in [-0.39, 0.29) is 5.82 Å². The zero-order chi connectivity index (χ0) is 14.8. The van der Waals surface area contributed by atoms with Crippen molar-refractivity contribution in [2.75, 3.05) is 0 Å². The van der Waals surface area contributed by atoms with Crippen LogP contribution in [0.5, 0.6) is 0 Å². The molecule has 0 fully saturated rings. The van der Waals surface area contributed by atoms with Crippen LogP contribution in [0.1, 0.15) is 50.7 Å². The van der Waals surface area contributed by atoms with Crippen molar-refractivity contribution in [1.82, 2.24) is 0 Å². The lowest BCUT2D eigenvalue weighted by molar-refractivity contribution is -0.159. The predicted molar refractivity (Wildman–Crippen MR) is 76.8 cm³/mol. The Labute approximate surface area is 119 Å². The van der Waals surface area contributed by atoms with E-state index in [0.717, 1.165) is 24.8 Å². The van der Waals surface area contributed by atoms with Gasteiger partial charge >= 0.3 is 5.97 Å². The highest BCUT2D eigenvalue weighted by Crippen LogP contribution is 2.43. The van der Waals surface area contributed by atoms with Crippen LogP contribution in [0.3, 0.4) is 0 Å². The first-order valence-electron chi connectivity index (χ1n) is 7.17. The number of carbonyl (C=O) groups excluding carboxylic acids is 1. The van der Waals surface area contributed by atoms with Crippen molar-refractivity contribution in [2.24, 2.45) is 0 Å². The van der Waals surface area contributed by atoms with Crippen molar-refractivity contribution in [3.8, 4) is 0 Å². The van der Waals surface area contributed by atoms with E-state index < -0.39 is 11.6 Å². The molecular formula is C17H21FO2. The lowest BCUT2D eigenvalue weighted by Crippen LogP contribution is -2.37. The molecule has 20 heavy (non-hydrogen) atoms. The van der Waals surface area contributed by atoms with E-state index in [1.54, 1.807) is 13.0 Å². The number of benzene rings is 1. The first-order chi connectivity index (χ1) is 9.50. The lowest BCUT2D eigenvalue weighted by Gasteiger charge is -2.38. The monoisotopic (exact) mass is 276 g/mol. The molecule has 0 aromatic heterocycles. The molecule has 0 radical (unpaired) electrons. The maximum atomic E-state index is 14.3. The molecule has 1 atom stereocenters. The highest BCUT2D eigenvalue weighted by Gasteiger charge is 2.41. The van der Waals surface area contributed by atoms with E-state index in [1.165, 1.54) is 6.07 Å². The summed E-state index contributed by atoms with van der Waals surface area (Å²) in [5.74, 6) is -0.709. The van der Waals surface area contributed by atoms with E-state index in [4.69, 9.17) is 4.74 Å². The third-order valence-corrected chi connectivity index (χ3v) is 3.87. The molecule has 1 aromatic carbocycles. The molecule has 0 amide bonds. The zero-order valence-electron chi connectivity index (χ0n) is 12.2. The third kappa shape index (κ3) is 2.62. The molecule has 0 bridgehead atoms. The number of ether oxygens (including phenoxy) is 1. The summed E-state index contributed by atoms with van der Waals surface area (Å²) in [4.78, 5) is 12.0. The second-order valence-corrected chi connectivity index (χ2v) is 5.54. The first kappa shape index (κ1) is 14.8. The van der Waals surface area contributed by atoms with Gasteiger partial charge < -0.3 is 4.74 Å². The molecule has 2 rings (SSSR count). The Kier molecular flexibility index (Phi) is 4.26. The summed E-state index contributed by atoms with van der Waals surface area (Å²) in [7, 11) is 0. The predicted octanol–water partition coefficient (Wildman–Crippen LogP) is 4.28. The van der Waals surface area contributed by atoms with Crippen LogP contribution in [0.4, 0.5) is 4.39 Å². The zero-order valence-corrected chi connectivity index (χ0v) is 12.2. The summed E-state index contributed by atoms with van der Waals surface area (Å²) in [6.07, 6.45) is 3.88. The van der Waals surface area contributed by atoms with E-state index >= 15 is 0 Å². The molecular weight excluding hydrogens is 255 g/mol. The molecule has 0 saturated carbocycles. The van der Waals surface area contributed by atoms with Gasteiger partial charge in [-0.25, -0.2) is 9.18 Å². The Morgan fingerprint density at radius 2 is 2.25 bits per heavy atom. The smallest absolute Gasteiger partial charge is 0.334 e. The van der Waals surface area contributed by atoms with E-state index in [0.29, 0.717) is 24.0 Å². The fraction of sp³-hybridized carbons (Fsp3) is 0.471. The molecule has 0 spiro atoms. The van der Waals surface area contributed by atoms with Gasteiger partial charge in [0.25, 0.3) is 0 Å². The fourth-order valence-corrected chi connectivity index (χ4v) is 3.05. The highest BCUT2D eigenvalue weighted by molar-refractivity contribution is 5.87. The summed E-state index contributed by atoms with van der Waals surface area (Å²) in [6, 6.07) is 5.09. The van der Waals surface area contributed by atoms with E-state index in [9.17, 15) is 9.18 Å². The number of carbonyl (C=O) groups is 1. The van der Waals surface area contributed by atoms with Crippen LogP contribution in [0, 0.1) is 5.82 Å². The summed E-state index contributed by atoms with van der Waals surface area (Å²) in [5.41, 5.74) is 1.05. The van der Waals surface area contributed by atoms with Crippen LogP contribution in [-0.2, 0) is 21.6 Å². The average Bonchev–Trinajstić information content (AvgIpc) is 2.39. The molecule has 0 N–H and O–H groups in total. The Morgan fingerprint density at radius 3 is 2.90 bits per heavy atom. The van der Waals surface area contributed by atoms with Gasteiger partial charge in [0.05, 0.1) is 0 Å². The maximum Gasteiger partial charge on any atom is 0.334 e. The van der Waals surface area contributed by atoms with Gasteiger partial charge in [-0.2, -0.15) is 0 Å². The molecule has 1 unspecified atom stereocenters. The Balaban J connectivity index is 2.49. The van der Waals surface area contributed by atoms with Crippen LogP contribution in [0.25, 0.3) is 0 Å². The van der Waals surface area contributed by atoms with Gasteiger partial charge in [0, 0.05) is 11.1 Å². The van der Waals surface area contributed by atoms with E-state index in [2.05, 4.69) is 6.58 Å². The number of aryl methyl sites for hydroxylation is 1. The molecule has 1 aromatic rings. The van der Waals surface area contributed by atoms with Crippen molar-refractivity contribution in [3.05, 3.63) is 47.3 Å². The van der Waals surface area contributed by atoms with Gasteiger partial charge in [0.15, 0.2) is 0 Å². The Hall–Kier alpha value is -1.64. The molecule has 1 aliphatic rings. The quantitative estimate of drug-likeness (QED) is 0.606. The number of esters is 1. The average molecular weight is 276 g/mol. The summed E-state index contributed by atoms with van der Waals surface area (Å²) < 4.78 is 20.0. The van der Waals surface area contributed by atoms with Gasteiger partial charge in [0.2, 0.25) is 0 Å². The van der Waals surface area contributed by atoms with Crippen LogP contribution in [0.2, 0.25) is 0 Å². The summed E-state index contributed by atoms with van der Waals surface area (Å²) >= 11 is 0. The normalized spacial score (nSPS) is 21.1. The van der Waals surface area contributed by atoms with Crippen molar-refractivity contribution in [1.29, 1.82) is 0 Å². The molecule has 108 valence electrons. The highest BCUT2D eigenvalue weighted by atomic mass is 19.1. The summed E-state index contributed by atoms with van der Waals surface area (Å²) in [6.45, 7) is 7.26. The molecule has 0 saturated heterocycles. The number of rotatable bonds is 4. The topological polar surface area (TPSA) is 26.3 Å². The van der Waals surface area contributed by atoms with E-state index in [1.807, 2.05) is 13.0 Å². The summed E-state index contributed by atoms with van der Waals surface area (Å²) in [5, 5.41) is 0. The largest absolute Gasteiger partial charge is 0.451 e.